The third kappa shape index (κ3) is 36.3. The molecule has 6 atom stereocenters. The van der Waals surface area contributed by atoms with Gasteiger partial charge in [-0.3, -0.25) is 33.6 Å². The molecule has 0 aliphatic carbocycles. The molecule has 338 valence electrons. The zero-order valence-corrected chi connectivity index (χ0v) is 34.9. The summed E-state index contributed by atoms with van der Waals surface area (Å²) in [6.07, 6.45) is 7.44. The van der Waals surface area contributed by atoms with Crippen LogP contribution in [0, 0.1) is 34.5 Å². The number of hydrogen-bond acceptors (Lipinski definition) is 14. The van der Waals surface area contributed by atoms with Gasteiger partial charge in [-0.2, -0.15) is 20.8 Å². The zero-order chi connectivity index (χ0) is 47.5. The van der Waals surface area contributed by atoms with Crippen molar-refractivity contribution in [3.05, 3.63) is 25.3 Å². The molecule has 11 N–H and O–H groups in total. The van der Waals surface area contributed by atoms with Gasteiger partial charge in [-0.15, -0.1) is 0 Å². The Hall–Kier alpha value is -6.06. The summed E-state index contributed by atoms with van der Waals surface area (Å²) in [5.41, 5.74) is 7.98. The molecule has 0 bridgehead atoms. The lowest BCUT2D eigenvalue weighted by Crippen LogP contribution is -2.33. The molecule has 0 saturated carbocycles. The highest BCUT2D eigenvalue weighted by Gasteiger charge is 2.29. The summed E-state index contributed by atoms with van der Waals surface area (Å²) >= 11 is 0. The Balaban J connectivity index is -0.000000376. The van der Waals surface area contributed by atoms with Crippen molar-refractivity contribution in [2.75, 3.05) is 6.54 Å². The van der Waals surface area contributed by atoms with E-state index in [1.54, 1.807) is 6.92 Å². The fourth-order valence-corrected chi connectivity index (χ4v) is 4.20. The van der Waals surface area contributed by atoms with Gasteiger partial charge in [0.2, 0.25) is 5.91 Å². The number of azo groups is 1. The Morgan fingerprint density at radius 1 is 0.700 bits per heavy atom. The number of carbonyl (C=O) groups is 8. The first-order valence-corrected chi connectivity index (χ1v) is 19.0. The second-order valence-corrected chi connectivity index (χ2v) is 13.8. The number of nitrogens with one attached hydrogen (secondary N) is 1. The second kappa shape index (κ2) is 34.9. The maximum Gasteiger partial charge on any atom is 0.327 e. The van der Waals surface area contributed by atoms with E-state index in [9.17, 15) is 38.4 Å². The summed E-state index contributed by atoms with van der Waals surface area (Å²) in [6, 6.07) is 2.06. The van der Waals surface area contributed by atoms with Crippen LogP contribution in [0.4, 0.5) is 0 Å². The van der Waals surface area contributed by atoms with Crippen molar-refractivity contribution < 1.29 is 69.0 Å². The average Bonchev–Trinajstić information content (AvgIpc) is 3.20. The predicted molar refractivity (Wildman–Crippen MR) is 216 cm³/mol. The van der Waals surface area contributed by atoms with Crippen LogP contribution < -0.4 is 16.8 Å². The molecule has 1 amide bonds. The van der Waals surface area contributed by atoms with E-state index in [4.69, 9.17) is 52.6 Å². The molecular weight excluding hydrogens is 790 g/mol. The summed E-state index contributed by atoms with van der Waals surface area (Å²) in [5, 5.41) is 79.0. The first-order chi connectivity index (χ1) is 27.8. The molecule has 0 spiro atoms. The van der Waals surface area contributed by atoms with Crippen LogP contribution in [-0.2, 0) is 38.4 Å². The molecule has 4 unspecified atom stereocenters. The third-order valence-corrected chi connectivity index (χ3v) is 8.26. The molecule has 0 aromatic rings. The van der Waals surface area contributed by atoms with Gasteiger partial charge in [0.15, 0.2) is 16.9 Å². The number of carbonyl (C=O) groups excluding carboxylic acids is 2. The number of unbranched alkanes of at least 4 members (excludes halogenated alkanes) is 3. The van der Waals surface area contributed by atoms with E-state index in [0.717, 1.165) is 25.3 Å². The van der Waals surface area contributed by atoms with E-state index in [-0.39, 0.29) is 43.3 Å². The standard InChI is InChI=1S/C14H26N2O5.C12H16N4O4.C10H17NO3.C3H4O2/c1-3-10(8-9(2)13(18)19)12(17)16-7-5-4-6-11(15)14(20)21;1-11(7-13,5-3-9(17)18)15-16-12(2,8-14)6-4-10(19)20;1-2-8(12)6-4-3-5-7-9(11)10(13)14;1-2-3(4)5/h9-11H,3-8,15H2,1-2H3,(H,16,17)(H,18,19)(H,20,21);3-6H2,1-2H3,(H,17,18)(H,19,20);2,9H,1,3-7,11H2,(H,13,14);2H,1H2,(H,4,5)/t9?,10?,11-;;9-;/m0.0./s1. The first kappa shape index (κ1) is 60.6. The number of aliphatic carboxylic acids is 6. The lowest BCUT2D eigenvalue weighted by molar-refractivity contribution is -0.142. The molecule has 0 aliphatic rings. The highest BCUT2D eigenvalue weighted by Crippen LogP contribution is 2.23. The second-order valence-electron chi connectivity index (χ2n) is 13.8. The monoisotopic (exact) mass is 853 g/mol. The molecular formula is C39H63N7O14. The summed E-state index contributed by atoms with van der Waals surface area (Å²) in [5.74, 6) is -6.95. The lowest BCUT2D eigenvalue weighted by atomic mass is 9.93. The van der Waals surface area contributed by atoms with Crippen LogP contribution >= 0.6 is 0 Å². The number of nitrogens with zero attached hydrogens (tertiary/aromatic N) is 4. The number of hydrogen-bond donors (Lipinski definition) is 9. The summed E-state index contributed by atoms with van der Waals surface area (Å²) in [7, 11) is 0. The molecule has 60 heavy (non-hydrogen) atoms. The maximum atomic E-state index is 11.9. The minimum atomic E-state index is -1.35. The van der Waals surface area contributed by atoms with Gasteiger partial charge in [-0.25, -0.2) is 4.79 Å². The Morgan fingerprint density at radius 3 is 1.43 bits per heavy atom. The Kier molecular flexibility index (Phi) is 35.3. The van der Waals surface area contributed by atoms with Crippen molar-refractivity contribution in [3.63, 3.8) is 0 Å². The number of amides is 1. The van der Waals surface area contributed by atoms with Crippen molar-refractivity contribution in [1.29, 1.82) is 10.5 Å². The normalized spacial score (nSPS) is 14.1. The number of nitriles is 2. The number of rotatable bonds is 28. The highest BCUT2D eigenvalue weighted by atomic mass is 16.4. The van der Waals surface area contributed by atoms with E-state index in [2.05, 4.69) is 28.7 Å². The van der Waals surface area contributed by atoms with E-state index >= 15 is 0 Å². The molecule has 0 aromatic heterocycles. The van der Waals surface area contributed by atoms with Crippen LogP contribution in [0.5, 0.6) is 0 Å². The average molecular weight is 854 g/mol. The van der Waals surface area contributed by atoms with E-state index in [1.165, 1.54) is 19.9 Å². The number of ketones is 1. The molecule has 21 heteroatoms. The maximum absolute atomic E-state index is 11.9. The number of carboxylic acids is 6. The van der Waals surface area contributed by atoms with Crippen LogP contribution in [0.15, 0.2) is 35.5 Å². The third-order valence-electron chi connectivity index (χ3n) is 8.26. The van der Waals surface area contributed by atoms with Crippen LogP contribution in [0.25, 0.3) is 0 Å². The van der Waals surface area contributed by atoms with Crippen molar-refractivity contribution in [3.8, 4) is 12.1 Å². The first-order valence-electron chi connectivity index (χ1n) is 19.0. The SMILES string of the molecule is C=CC(=O)CCCCC[C@H](N)C(=O)O.C=CC(=O)O.CC(C#N)(CCC(=O)O)N=NC(C)(C#N)CCC(=O)O.CCC(CC(C)C(=O)O)C(=O)NCCCC[C@H](N)C(=O)O. The van der Waals surface area contributed by atoms with E-state index < -0.39 is 64.9 Å². The predicted octanol–water partition coefficient (Wildman–Crippen LogP) is 3.92. The number of allylic oxidation sites excluding steroid dienone is 1. The van der Waals surface area contributed by atoms with E-state index in [0.29, 0.717) is 51.5 Å². The summed E-state index contributed by atoms with van der Waals surface area (Å²) < 4.78 is 0. The zero-order valence-electron chi connectivity index (χ0n) is 34.9. The fourth-order valence-electron chi connectivity index (χ4n) is 4.20. The highest BCUT2D eigenvalue weighted by molar-refractivity contribution is 5.88. The molecule has 0 aliphatic heterocycles. The fraction of sp³-hybridized carbons (Fsp3) is 0.641. The van der Waals surface area contributed by atoms with Gasteiger partial charge < -0.3 is 47.4 Å². The van der Waals surface area contributed by atoms with Gasteiger partial charge >= 0.3 is 35.8 Å². The molecule has 0 aromatic carbocycles. The summed E-state index contributed by atoms with van der Waals surface area (Å²) in [6.45, 7) is 13.0. The van der Waals surface area contributed by atoms with Crippen LogP contribution in [0.2, 0.25) is 0 Å². The molecule has 0 heterocycles. The largest absolute Gasteiger partial charge is 0.481 e. The molecule has 0 saturated heterocycles. The van der Waals surface area contributed by atoms with E-state index in [1.807, 2.05) is 19.1 Å². The smallest absolute Gasteiger partial charge is 0.327 e. The van der Waals surface area contributed by atoms with Crippen molar-refractivity contribution in [1.82, 2.24) is 5.32 Å². The summed E-state index contributed by atoms with van der Waals surface area (Å²) in [4.78, 5) is 84.6. The van der Waals surface area contributed by atoms with Gasteiger partial charge in [-0.1, -0.05) is 39.8 Å². The van der Waals surface area contributed by atoms with Gasteiger partial charge in [0.05, 0.1) is 18.1 Å². The van der Waals surface area contributed by atoms with Crippen molar-refractivity contribution >= 4 is 47.5 Å². The quantitative estimate of drug-likeness (QED) is 0.0306. The van der Waals surface area contributed by atoms with Gasteiger partial charge in [0.1, 0.15) is 12.1 Å². The molecule has 21 nitrogen and oxygen atoms in total. The van der Waals surface area contributed by atoms with Crippen molar-refractivity contribution in [2.45, 2.75) is 141 Å². The Labute approximate surface area is 350 Å². The minimum absolute atomic E-state index is 0.0348. The van der Waals surface area contributed by atoms with Gasteiger partial charge in [0, 0.05) is 37.8 Å². The Bertz CT molecular complexity index is 1480. The van der Waals surface area contributed by atoms with Gasteiger partial charge in [-0.05, 0) is 77.7 Å². The Morgan fingerprint density at radius 2 is 1.12 bits per heavy atom. The van der Waals surface area contributed by atoms with Crippen molar-refractivity contribution in [2.24, 2.45) is 33.5 Å². The number of nitrogens with two attached hydrogens (primary N) is 2. The molecule has 0 fully saturated rings. The van der Waals surface area contributed by atoms with Crippen LogP contribution in [-0.4, -0.2) is 108 Å². The van der Waals surface area contributed by atoms with Crippen LogP contribution in [0.1, 0.15) is 118 Å². The van der Waals surface area contributed by atoms with Crippen LogP contribution in [0.3, 0.4) is 0 Å². The number of carboxylic acid groups (broad SMARTS) is 6. The topological polar surface area (TPSA) is 394 Å². The molecule has 0 rings (SSSR count). The van der Waals surface area contributed by atoms with Gasteiger partial charge in [0.25, 0.3) is 0 Å². The lowest BCUT2D eigenvalue weighted by Gasteiger charge is -2.18. The molecule has 0 radical (unpaired) electrons. The minimum Gasteiger partial charge on any atom is -0.481 e.